The Bertz CT molecular complexity index is 711. The van der Waals surface area contributed by atoms with Gasteiger partial charge in [0.25, 0.3) is 0 Å². The highest BCUT2D eigenvalue weighted by Crippen LogP contribution is 2.16. The number of aryl methyl sites for hydroxylation is 1. The van der Waals surface area contributed by atoms with Crippen LogP contribution in [0.1, 0.15) is 30.4 Å². The van der Waals surface area contributed by atoms with Crippen molar-refractivity contribution in [1.29, 1.82) is 0 Å². The van der Waals surface area contributed by atoms with Crippen molar-refractivity contribution in [3.8, 4) is 5.75 Å². The van der Waals surface area contributed by atoms with Gasteiger partial charge in [0.05, 0.1) is 6.10 Å². The molecule has 0 saturated carbocycles. The molecule has 1 saturated heterocycles. The zero-order valence-corrected chi connectivity index (χ0v) is 14.7. The molecule has 1 amide bonds. The second-order valence-corrected chi connectivity index (χ2v) is 6.50. The lowest BCUT2D eigenvalue weighted by Gasteiger charge is -2.12. The van der Waals surface area contributed by atoms with Crippen molar-refractivity contribution in [3.63, 3.8) is 0 Å². The highest BCUT2D eigenvalue weighted by molar-refractivity contribution is 5.76. The zero-order valence-electron chi connectivity index (χ0n) is 14.7. The van der Waals surface area contributed by atoms with Crippen LogP contribution in [0.2, 0.25) is 0 Å². The van der Waals surface area contributed by atoms with Gasteiger partial charge in [0, 0.05) is 19.6 Å². The molecule has 5 heteroatoms. The Morgan fingerprint density at radius 1 is 1.19 bits per heavy atom. The Balaban J connectivity index is 1.37. The minimum atomic E-state index is -0.273. The van der Waals surface area contributed by atoms with Gasteiger partial charge in [0.2, 0.25) is 5.91 Å². The molecule has 1 atom stereocenters. The van der Waals surface area contributed by atoms with Gasteiger partial charge in [-0.15, -0.1) is 0 Å². The molecule has 1 aliphatic heterocycles. The zero-order chi connectivity index (χ0) is 18.2. The van der Waals surface area contributed by atoms with E-state index in [2.05, 4.69) is 5.32 Å². The van der Waals surface area contributed by atoms with Crippen molar-refractivity contribution in [2.24, 2.45) is 0 Å². The number of ether oxygens (including phenoxy) is 2. The smallest absolute Gasteiger partial charge is 0.220 e. The van der Waals surface area contributed by atoms with Crippen LogP contribution in [0.4, 0.5) is 4.39 Å². The van der Waals surface area contributed by atoms with Crippen LogP contribution in [0.15, 0.2) is 48.5 Å². The number of benzene rings is 2. The van der Waals surface area contributed by atoms with Crippen molar-refractivity contribution in [2.75, 3.05) is 13.2 Å². The van der Waals surface area contributed by atoms with Gasteiger partial charge in [-0.1, -0.05) is 24.3 Å². The molecule has 3 rings (SSSR count). The maximum Gasteiger partial charge on any atom is 0.220 e. The van der Waals surface area contributed by atoms with Crippen LogP contribution in [0.3, 0.4) is 0 Å². The van der Waals surface area contributed by atoms with E-state index in [-0.39, 0.29) is 17.8 Å². The second kappa shape index (κ2) is 9.34. The lowest BCUT2D eigenvalue weighted by atomic mass is 10.1. The highest BCUT2D eigenvalue weighted by Gasteiger charge is 2.15. The SMILES string of the molecule is O=C(CCc1cccc(F)c1)NCc1ccc(OCC2CCCO2)cc1. The van der Waals surface area contributed by atoms with E-state index in [0.717, 1.165) is 36.3 Å². The first-order valence-electron chi connectivity index (χ1n) is 9.03. The average Bonchev–Trinajstić information content (AvgIpc) is 3.17. The van der Waals surface area contributed by atoms with Crippen LogP contribution in [-0.2, 0) is 22.5 Å². The first-order valence-corrected chi connectivity index (χ1v) is 9.03. The highest BCUT2D eigenvalue weighted by atomic mass is 19.1. The van der Waals surface area contributed by atoms with E-state index >= 15 is 0 Å². The summed E-state index contributed by atoms with van der Waals surface area (Å²) in [7, 11) is 0. The molecule has 2 aromatic rings. The molecule has 1 fully saturated rings. The minimum absolute atomic E-state index is 0.0482. The molecule has 0 aromatic heterocycles. The molecule has 0 bridgehead atoms. The Hall–Kier alpha value is -2.40. The summed E-state index contributed by atoms with van der Waals surface area (Å²) in [6, 6.07) is 14.0. The van der Waals surface area contributed by atoms with Crippen LogP contribution in [0.25, 0.3) is 0 Å². The number of amides is 1. The fourth-order valence-electron chi connectivity index (χ4n) is 2.91. The normalized spacial score (nSPS) is 16.4. The number of halogens is 1. The topological polar surface area (TPSA) is 47.6 Å². The molecule has 1 aliphatic rings. The Morgan fingerprint density at radius 2 is 2.04 bits per heavy atom. The summed E-state index contributed by atoms with van der Waals surface area (Å²) < 4.78 is 24.4. The number of carbonyl (C=O) groups excluding carboxylic acids is 1. The summed E-state index contributed by atoms with van der Waals surface area (Å²) in [6.45, 7) is 1.87. The van der Waals surface area contributed by atoms with Crippen molar-refractivity contribution in [3.05, 3.63) is 65.5 Å². The Morgan fingerprint density at radius 3 is 2.77 bits per heavy atom. The van der Waals surface area contributed by atoms with E-state index in [9.17, 15) is 9.18 Å². The van der Waals surface area contributed by atoms with Gasteiger partial charge >= 0.3 is 0 Å². The first-order chi connectivity index (χ1) is 12.7. The van der Waals surface area contributed by atoms with E-state index in [1.54, 1.807) is 6.07 Å². The molecule has 26 heavy (non-hydrogen) atoms. The van der Waals surface area contributed by atoms with E-state index in [4.69, 9.17) is 9.47 Å². The van der Waals surface area contributed by atoms with Crippen LogP contribution in [0, 0.1) is 5.82 Å². The fraction of sp³-hybridized carbons (Fsp3) is 0.381. The van der Waals surface area contributed by atoms with Crippen LogP contribution in [0.5, 0.6) is 5.75 Å². The van der Waals surface area contributed by atoms with Crippen LogP contribution in [-0.4, -0.2) is 25.2 Å². The molecule has 1 unspecified atom stereocenters. The summed E-state index contributed by atoms with van der Waals surface area (Å²) in [6.07, 6.45) is 3.23. The third-order valence-electron chi connectivity index (χ3n) is 4.40. The average molecular weight is 357 g/mol. The predicted molar refractivity (Wildman–Crippen MR) is 97.5 cm³/mol. The Kier molecular flexibility index (Phi) is 6.61. The first kappa shape index (κ1) is 18.4. The summed E-state index contributed by atoms with van der Waals surface area (Å²) in [5.41, 5.74) is 1.83. The second-order valence-electron chi connectivity index (χ2n) is 6.50. The molecular formula is C21H24FNO3. The third kappa shape index (κ3) is 5.85. The van der Waals surface area contributed by atoms with Gasteiger partial charge in [-0.3, -0.25) is 4.79 Å². The lowest BCUT2D eigenvalue weighted by Crippen LogP contribution is -2.23. The van der Waals surface area contributed by atoms with E-state index in [0.29, 0.717) is 26.0 Å². The standard InChI is InChI=1S/C21H24FNO3/c22-18-4-1-3-16(13-18)8-11-21(24)23-14-17-6-9-19(10-7-17)26-15-20-5-2-12-25-20/h1,3-4,6-7,9-10,13,20H,2,5,8,11-12,14-15H2,(H,23,24). The van der Waals surface area contributed by atoms with Gasteiger partial charge in [0.15, 0.2) is 0 Å². The fourth-order valence-corrected chi connectivity index (χ4v) is 2.91. The van der Waals surface area contributed by atoms with E-state index in [1.807, 2.05) is 30.3 Å². The van der Waals surface area contributed by atoms with E-state index in [1.165, 1.54) is 12.1 Å². The molecule has 1 N–H and O–H groups in total. The molecule has 138 valence electrons. The summed E-state index contributed by atoms with van der Waals surface area (Å²) in [5, 5.41) is 2.89. The maximum atomic E-state index is 13.1. The number of carbonyl (C=O) groups is 1. The quantitative estimate of drug-likeness (QED) is 0.785. The van der Waals surface area contributed by atoms with Crippen LogP contribution >= 0.6 is 0 Å². The number of rotatable bonds is 8. The predicted octanol–water partition coefficient (Wildman–Crippen LogP) is 3.63. The summed E-state index contributed by atoms with van der Waals surface area (Å²) in [5.74, 6) is 0.486. The number of hydrogen-bond donors (Lipinski definition) is 1. The Labute approximate surface area is 153 Å². The van der Waals surface area contributed by atoms with Gasteiger partial charge in [-0.05, 0) is 54.7 Å². The van der Waals surface area contributed by atoms with Crippen molar-refractivity contribution in [1.82, 2.24) is 5.32 Å². The van der Waals surface area contributed by atoms with Crippen LogP contribution < -0.4 is 10.1 Å². The summed E-state index contributed by atoms with van der Waals surface area (Å²) in [4.78, 5) is 11.9. The van der Waals surface area contributed by atoms with Gasteiger partial charge in [0.1, 0.15) is 18.2 Å². The lowest BCUT2D eigenvalue weighted by molar-refractivity contribution is -0.121. The molecular weight excluding hydrogens is 333 g/mol. The minimum Gasteiger partial charge on any atom is -0.491 e. The van der Waals surface area contributed by atoms with Gasteiger partial charge in [-0.25, -0.2) is 4.39 Å². The van der Waals surface area contributed by atoms with Crippen molar-refractivity contribution < 1.29 is 18.7 Å². The molecule has 0 spiro atoms. The number of hydrogen-bond acceptors (Lipinski definition) is 3. The third-order valence-corrected chi connectivity index (χ3v) is 4.40. The summed E-state index contributed by atoms with van der Waals surface area (Å²) >= 11 is 0. The van der Waals surface area contributed by atoms with Gasteiger partial charge < -0.3 is 14.8 Å². The molecule has 4 nitrogen and oxygen atoms in total. The van der Waals surface area contributed by atoms with E-state index < -0.39 is 0 Å². The molecule has 1 heterocycles. The maximum absolute atomic E-state index is 13.1. The van der Waals surface area contributed by atoms with Crippen molar-refractivity contribution in [2.45, 2.75) is 38.3 Å². The molecule has 2 aromatic carbocycles. The molecule has 0 aliphatic carbocycles. The van der Waals surface area contributed by atoms with Crippen molar-refractivity contribution >= 4 is 5.91 Å². The monoisotopic (exact) mass is 357 g/mol. The number of nitrogens with one attached hydrogen (secondary N) is 1. The van der Waals surface area contributed by atoms with Gasteiger partial charge in [-0.2, -0.15) is 0 Å². The largest absolute Gasteiger partial charge is 0.491 e. The molecule has 0 radical (unpaired) electrons.